The van der Waals surface area contributed by atoms with Crippen molar-refractivity contribution in [1.82, 2.24) is 8.87 Å². The number of sulfonamides is 1. The smallest absolute Gasteiger partial charge is 0.279 e. The number of hydrogen-bond acceptors (Lipinski definition) is 5. The minimum atomic E-state index is -3.70. The molecular formula is C23H24FN3O4S2. The fourth-order valence-corrected chi connectivity index (χ4v) is 6.49. The van der Waals surface area contributed by atoms with Crippen LogP contribution in [0.1, 0.15) is 24.2 Å². The molecule has 2 unspecified atom stereocenters. The van der Waals surface area contributed by atoms with Crippen LogP contribution in [0.3, 0.4) is 0 Å². The molecule has 4 rings (SSSR count). The van der Waals surface area contributed by atoms with Crippen LogP contribution in [0.4, 0.5) is 4.39 Å². The summed E-state index contributed by atoms with van der Waals surface area (Å²) in [6.45, 7) is 8.37. The first-order chi connectivity index (χ1) is 15.7. The highest BCUT2D eigenvalue weighted by atomic mass is 32.2. The van der Waals surface area contributed by atoms with E-state index in [0.29, 0.717) is 16.0 Å². The fourth-order valence-electron chi connectivity index (χ4n) is 3.83. The Labute approximate surface area is 195 Å². The van der Waals surface area contributed by atoms with E-state index in [9.17, 15) is 17.6 Å². The number of carbonyl (C=O) groups excluding carboxylic acids is 1. The Kier molecular flexibility index (Phi) is 6.62. The quantitative estimate of drug-likeness (QED) is 0.513. The molecule has 10 heteroatoms. The van der Waals surface area contributed by atoms with Crippen LogP contribution in [0.15, 0.2) is 65.0 Å². The van der Waals surface area contributed by atoms with Crippen molar-refractivity contribution in [1.29, 1.82) is 0 Å². The Morgan fingerprint density at radius 1 is 1.21 bits per heavy atom. The summed E-state index contributed by atoms with van der Waals surface area (Å²) in [5.41, 5.74) is 1.01. The summed E-state index contributed by atoms with van der Waals surface area (Å²) in [7, 11) is -3.70. The lowest BCUT2D eigenvalue weighted by atomic mass is 10.2. The van der Waals surface area contributed by atoms with Crippen molar-refractivity contribution >= 4 is 37.5 Å². The Morgan fingerprint density at radius 2 is 1.88 bits per heavy atom. The van der Waals surface area contributed by atoms with Crippen LogP contribution in [0, 0.1) is 5.82 Å². The highest BCUT2D eigenvalue weighted by Gasteiger charge is 2.32. The molecule has 2 aromatic carbocycles. The number of rotatable bonds is 5. The summed E-state index contributed by atoms with van der Waals surface area (Å²) in [5.74, 6) is -0.884. The van der Waals surface area contributed by atoms with E-state index < -0.39 is 15.9 Å². The molecule has 1 amide bonds. The number of amides is 1. The number of morpholine rings is 1. The Hall–Kier alpha value is -2.66. The van der Waals surface area contributed by atoms with E-state index in [0.717, 1.165) is 5.52 Å². The summed E-state index contributed by atoms with van der Waals surface area (Å²) >= 11 is 1.20. The number of aromatic nitrogens is 1. The Bertz CT molecular complexity index is 1370. The minimum Gasteiger partial charge on any atom is -0.373 e. The average molecular weight is 490 g/mol. The number of fused-ring (bicyclic) bond motifs is 1. The topological polar surface area (TPSA) is 81.0 Å². The average Bonchev–Trinajstić information content (AvgIpc) is 3.09. The van der Waals surface area contributed by atoms with Crippen molar-refractivity contribution < 1.29 is 22.3 Å². The second-order valence-corrected chi connectivity index (χ2v) is 10.9. The number of carbonyl (C=O) groups is 1. The number of ether oxygens (including phenoxy) is 1. The molecule has 1 fully saturated rings. The largest absolute Gasteiger partial charge is 0.373 e. The van der Waals surface area contributed by atoms with Gasteiger partial charge in [-0.3, -0.25) is 4.79 Å². The lowest BCUT2D eigenvalue weighted by molar-refractivity contribution is -0.0440. The van der Waals surface area contributed by atoms with Gasteiger partial charge in [0.25, 0.3) is 5.91 Å². The first-order valence-electron chi connectivity index (χ1n) is 10.4. The second kappa shape index (κ2) is 9.30. The van der Waals surface area contributed by atoms with Gasteiger partial charge in [0.2, 0.25) is 10.0 Å². The van der Waals surface area contributed by atoms with Crippen LogP contribution >= 0.6 is 11.3 Å². The molecule has 0 N–H and O–H groups in total. The molecule has 2 heterocycles. The predicted octanol–water partition coefficient (Wildman–Crippen LogP) is 3.57. The summed E-state index contributed by atoms with van der Waals surface area (Å²) in [4.78, 5) is 17.5. The number of allylic oxidation sites excluding steroid dienone is 1. The van der Waals surface area contributed by atoms with Crippen molar-refractivity contribution in [2.45, 2.75) is 37.5 Å². The number of benzene rings is 2. The van der Waals surface area contributed by atoms with Gasteiger partial charge in [-0.2, -0.15) is 9.30 Å². The third-order valence-electron chi connectivity index (χ3n) is 5.28. The molecular weight excluding hydrogens is 465 g/mol. The molecule has 0 radical (unpaired) electrons. The van der Waals surface area contributed by atoms with Crippen LogP contribution < -0.4 is 4.80 Å². The highest BCUT2D eigenvalue weighted by molar-refractivity contribution is 7.89. The van der Waals surface area contributed by atoms with Crippen molar-refractivity contribution in [2.75, 3.05) is 13.1 Å². The van der Waals surface area contributed by atoms with E-state index in [2.05, 4.69) is 11.6 Å². The van der Waals surface area contributed by atoms with E-state index in [1.54, 1.807) is 16.7 Å². The second-order valence-electron chi connectivity index (χ2n) is 7.92. The molecule has 1 aliphatic heterocycles. The lowest BCUT2D eigenvalue weighted by Crippen LogP contribution is -2.48. The number of hydrogen-bond donors (Lipinski definition) is 0. The van der Waals surface area contributed by atoms with Crippen molar-refractivity contribution in [3.63, 3.8) is 0 Å². The molecule has 0 bridgehead atoms. The molecule has 0 aliphatic carbocycles. The van der Waals surface area contributed by atoms with Gasteiger partial charge in [-0.1, -0.05) is 17.4 Å². The van der Waals surface area contributed by atoms with E-state index >= 15 is 0 Å². The van der Waals surface area contributed by atoms with Gasteiger partial charge in [-0.15, -0.1) is 6.58 Å². The zero-order valence-corrected chi connectivity index (χ0v) is 19.9. The molecule has 0 saturated carbocycles. The van der Waals surface area contributed by atoms with Crippen LogP contribution in [-0.2, 0) is 21.3 Å². The van der Waals surface area contributed by atoms with Gasteiger partial charge >= 0.3 is 0 Å². The van der Waals surface area contributed by atoms with Gasteiger partial charge in [-0.05, 0) is 56.3 Å². The third-order valence-corrected chi connectivity index (χ3v) is 8.17. The van der Waals surface area contributed by atoms with E-state index in [1.807, 2.05) is 13.8 Å². The zero-order valence-electron chi connectivity index (χ0n) is 18.3. The van der Waals surface area contributed by atoms with Gasteiger partial charge in [0.1, 0.15) is 5.82 Å². The zero-order chi connectivity index (χ0) is 23.8. The third kappa shape index (κ3) is 4.84. The van der Waals surface area contributed by atoms with E-state index in [-0.39, 0.29) is 41.6 Å². The lowest BCUT2D eigenvalue weighted by Gasteiger charge is -2.34. The minimum absolute atomic E-state index is 0.111. The van der Waals surface area contributed by atoms with Crippen molar-refractivity contribution in [3.8, 4) is 0 Å². The van der Waals surface area contributed by atoms with Crippen LogP contribution in [-0.4, -0.2) is 48.5 Å². The van der Waals surface area contributed by atoms with Crippen LogP contribution in [0.2, 0.25) is 0 Å². The summed E-state index contributed by atoms with van der Waals surface area (Å²) < 4.78 is 49.1. The Balaban J connectivity index is 1.64. The SMILES string of the molecule is C=CCn1c(=NC(=O)c2ccc(S(=O)(=O)N3CC(C)OC(C)C3)cc2)sc2cc(F)ccc21. The maximum absolute atomic E-state index is 13.6. The molecule has 174 valence electrons. The monoisotopic (exact) mass is 489 g/mol. The first kappa shape index (κ1) is 23.5. The molecule has 1 saturated heterocycles. The van der Waals surface area contributed by atoms with Crippen LogP contribution in [0.5, 0.6) is 0 Å². The van der Waals surface area contributed by atoms with E-state index in [1.165, 1.54) is 52.0 Å². The molecule has 0 spiro atoms. The van der Waals surface area contributed by atoms with Crippen molar-refractivity contribution in [3.05, 3.63) is 71.3 Å². The molecule has 1 aliphatic rings. The maximum Gasteiger partial charge on any atom is 0.279 e. The first-order valence-corrected chi connectivity index (χ1v) is 12.7. The summed E-state index contributed by atoms with van der Waals surface area (Å²) in [5, 5.41) is 0. The van der Waals surface area contributed by atoms with Gasteiger partial charge < -0.3 is 9.30 Å². The number of thiazole rings is 1. The predicted molar refractivity (Wildman–Crippen MR) is 125 cm³/mol. The van der Waals surface area contributed by atoms with Gasteiger partial charge in [0, 0.05) is 25.2 Å². The fraction of sp³-hybridized carbons (Fsp3) is 0.304. The maximum atomic E-state index is 13.6. The molecule has 3 aromatic rings. The number of halogens is 1. The van der Waals surface area contributed by atoms with E-state index in [4.69, 9.17) is 4.74 Å². The van der Waals surface area contributed by atoms with Crippen LogP contribution in [0.25, 0.3) is 10.2 Å². The summed E-state index contributed by atoms with van der Waals surface area (Å²) in [6.07, 6.45) is 1.28. The highest BCUT2D eigenvalue weighted by Crippen LogP contribution is 2.22. The number of nitrogens with zero attached hydrogens (tertiary/aromatic N) is 3. The Morgan fingerprint density at radius 3 is 2.52 bits per heavy atom. The molecule has 2 atom stereocenters. The standard InChI is InChI=1S/C23H24FN3O4S2/c1-4-11-27-20-10-7-18(24)12-21(20)32-23(27)25-22(28)17-5-8-19(9-6-17)33(29,30)26-13-15(2)31-16(3)14-26/h4-10,12,15-16H,1,11,13-14H2,2-3H3. The molecule has 33 heavy (non-hydrogen) atoms. The molecule has 1 aromatic heterocycles. The normalized spacial score (nSPS) is 20.3. The van der Waals surface area contributed by atoms with Gasteiger partial charge in [0.15, 0.2) is 4.80 Å². The van der Waals surface area contributed by atoms with Gasteiger partial charge in [0.05, 0.1) is 27.3 Å². The molecule has 7 nitrogen and oxygen atoms in total. The van der Waals surface area contributed by atoms with Gasteiger partial charge in [-0.25, -0.2) is 12.8 Å². The van der Waals surface area contributed by atoms with Crippen molar-refractivity contribution in [2.24, 2.45) is 4.99 Å². The summed E-state index contributed by atoms with van der Waals surface area (Å²) in [6, 6.07) is 10.1.